The number of nitrogens with zero attached hydrogens (tertiary/aromatic N) is 1. The van der Waals surface area contributed by atoms with Crippen molar-refractivity contribution >= 4 is 23.9 Å². The Kier molecular flexibility index (Phi) is 5.43. The van der Waals surface area contributed by atoms with E-state index in [1.54, 1.807) is 13.2 Å². The highest BCUT2D eigenvalue weighted by Crippen LogP contribution is 2.23. The van der Waals surface area contributed by atoms with Crippen LogP contribution in [-0.2, 0) is 4.74 Å². The van der Waals surface area contributed by atoms with Crippen LogP contribution in [-0.4, -0.2) is 20.3 Å². The lowest BCUT2D eigenvalue weighted by Gasteiger charge is -2.16. The van der Waals surface area contributed by atoms with Crippen LogP contribution in [0.15, 0.2) is 48.5 Å². The summed E-state index contributed by atoms with van der Waals surface area (Å²) in [6, 6.07) is 17.3. The van der Waals surface area contributed by atoms with Crippen LogP contribution in [0.5, 0.6) is 5.75 Å². The van der Waals surface area contributed by atoms with Gasteiger partial charge in [-0.1, -0.05) is 48.9 Å². The molecule has 1 amide bonds. The molecule has 0 unspecified atom stereocenters. The van der Waals surface area contributed by atoms with E-state index in [2.05, 4.69) is 6.04 Å². The Labute approximate surface area is 136 Å². The van der Waals surface area contributed by atoms with Gasteiger partial charge in [0.25, 0.3) is 0 Å². The van der Waals surface area contributed by atoms with Gasteiger partial charge in [0.1, 0.15) is 5.75 Å². The summed E-state index contributed by atoms with van der Waals surface area (Å²) in [4.78, 5) is 12.9. The average molecular weight is 307 g/mol. The largest absolute Gasteiger partial charge is 0.497 e. The monoisotopic (exact) mass is 307 g/mol. The van der Waals surface area contributed by atoms with Gasteiger partial charge >= 0.3 is 6.09 Å². The Bertz CT molecular complexity index is 742. The molecule has 0 aliphatic rings. The van der Waals surface area contributed by atoms with E-state index in [0.717, 1.165) is 21.8 Å². The maximum Gasteiger partial charge on any atom is 0.426 e. The Morgan fingerprint density at radius 1 is 1.09 bits per heavy atom. The molecule has 2 aromatic rings. The highest BCUT2D eigenvalue weighted by atomic mass is 16.5. The standard InChI is InChI=1S/C19H17NO3/c1-4-20(19(21)23-3)18-8-6-5-7-16(18)12-9-15-10-13-17(22-2)14-11-15/h1,5-14H,2-3H3/b12-9+. The molecule has 0 saturated heterocycles. The summed E-state index contributed by atoms with van der Waals surface area (Å²) in [5.41, 5.74) is 2.41. The summed E-state index contributed by atoms with van der Waals surface area (Å²) in [6.07, 6.45) is 8.66. The van der Waals surface area contributed by atoms with E-state index in [0.29, 0.717) is 5.69 Å². The van der Waals surface area contributed by atoms with Crippen LogP contribution in [0.25, 0.3) is 12.2 Å². The Balaban J connectivity index is 2.31. The number of hydrogen-bond acceptors (Lipinski definition) is 3. The van der Waals surface area contributed by atoms with Gasteiger partial charge < -0.3 is 9.47 Å². The maximum absolute atomic E-state index is 11.8. The van der Waals surface area contributed by atoms with Crippen molar-refractivity contribution in [3.8, 4) is 18.2 Å². The van der Waals surface area contributed by atoms with Crippen molar-refractivity contribution in [3.63, 3.8) is 0 Å². The summed E-state index contributed by atoms with van der Waals surface area (Å²) in [5.74, 6) is 0.798. The van der Waals surface area contributed by atoms with Gasteiger partial charge in [-0.3, -0.25) is 0 Å². The van der Waals surface area contributed by atoms with E-state index in [4.69, 9.17) is 15.9 Å². The molecule has 0 atom stereocenters. The summed E-state index contributed by atoms with van der Waals surface area (Å²) >= 11 is 0. The molecule has 2 aromatic carbocycles. The summed E-state index contributed by atoms with van der Waals surface area (Å²) < 4.78 is 9.84. The van der Waals surface area contributed by atoms with Gasteiger partial charge in [0, 0.05) is 6.04 Å². The molecule has 0 fully saturated rings. The first kappa shape index (κ1) is 16.2. The number of terminal acetylenes is 1. The van der Waals surface area contributed by atoms with Gasteiger partial charge in [-0.05, 0) is 29.3 Å². The lowest BCUT2D eigenvalue weighted by Crippen LogP contribution is -2.25. The third-order valence-corrected chi connectivity index (χ3v) is 3.24. The fraction of sp³-hybridized carbons (Fsp3) is 0.105. The first-order chi connectivity index (χ1) is 11.2. The minimum atomic E-state index is -0.599. The van der Waals surface area contributed by atoms with Gasteiger partial charge in [0.15, 0.2) is 0 Å². The van der Waals surface area contributed by atoms with Crippen LogP contribution in [0.3, 0.4) is 0 Å². The predicted octanol–water partition coefficient (Wildman–Crippen LogP) is 4.03. The number of carbonyl (C=O) groups excluding carboxylic acids is 1. The minimum absolute atomic E-state index is 0.589. The molecular weight excluding hydrogens is 290 g/mol. The van der Waals surface area contributed by atoms with Crippen molar-refractivity contribution in [2.75, 3.05) is 19.1 Å². The van der Waals surface area contributed by atoms with E-state index in [-0.39, 0.29) is 0 Å². The van der Waals surface area contributed by atoms with Crippen molar-refractivity contribution in [2.45, 2.75) is 0 Å². The van der Waals surface area contributed by atoms with Gasteiger partial charge in [0.2, 0.25) is 0 Å². The molecule has 4 nitrogen and oxygen atoms in total. The van der Waals surface area contributed by atoms with Crippen LogP contribution in [0.2, 0.25) is 0 Å². The number of carbonyl (C=O) groups is 1. The minimum Gasteiger partial charge on any atom is -0.497 e. The van der Waals surface area contributed by atoms with Crippen molar-refractivity contribution in [2.24, 2.45) is 0 Å². The third-order valence-electron chi connectivity index (χ3n) is 3.24. The number of amides is 1. The van der Waals surface area contributed by atoms with E-state index in [1.807, 2.05) is 54.6 Å². The number of rotatable bonds is 4. The van der Waals surface area contributed by atoms with Crippen LogP contribution in [0, 0.1) is 12.5 Å². The smallest absolute Gasteiger partial charge is 0.426 e. The van der Waals surface area contributed by atoms with E-state index < -0.39 is 6.09 Å². The van der Waals surface area contributed by atoms with Crippen molar-refractivity contribution in [1.82, 2.24) is 0 Å². The SMILES string of the molecule is C#CN(C(=O)OC)c1ccccc1/C=C/c1ccc(OC)cc1. The second-order valence-electron chi connectivity index (χ2n) is 4.60. The van der Waals surface area contributed by atoms with Crippen LogP contribution in [0.4, 0.5) is 10.5 Å². The molecule has 0 radical (unpaired) electrons. The van der Waals surface area contributed by atoms with Crippen LogP contribution < -0.4 is 9.64 Å². The van der Waals surface area contributed by atoms with Gasteiger partial charge in [-0.25, -0.2) is 9.69 Å². The predicted molar refractivity (Wildman–Crippen MR) is 92.1 cm³/mol. The second-order valence-corrected chi connectivity index (χ2v) is 4.60. The lowest BCUT2D eigenvalue weighted by molar-refractivity contribution is 0.182. The highest BCUT2D eigenvalue weighted by molar-refractivity contribution is 5.94. The molecule has 0 N–H and O–H groups in total. The van der Waals surface area contributed by atoms with Crippen molar-refractivity contribution in [3.05, 3.63) is 59.7 Å². The van der Waals surface area contributed by atoms with Crippen molar-refractivity contribution < 1.29 is 14.3 Å². The zero-order valence-electron chi connectivity index (χ0n) is 13.0. The molecule has 0 aromatic heterocycles. The molecule has 0 aliphatic carbocycles. The number of ether oxygens (including phenoxy) is 2. The molecule has 0 bridgehead atoms. The zero-order valence-corrected chi connectivity index (χ0v) is 13.0. The zero-order chi connectivity index (χ0) is 16.7. The summed E-state index contributed by atoms with van der Waals surface area (Å²) in [6.45, 7) is 0. The fourth-order valence-corrected chi connectivity index (χ4v) is 2.05. The van der Waals surface area contributed by atoms with Gasteiger partial charge in [-0.2, -0.15) is 0 Å². The van der Waals surface area contributed by atoms with E-state index >= 15 is 0 Å². The number of para-hydroxylation sites is 1. The first-order valence-electron chi connectivity index (χ1n) is 6.95. The first-order valence-corrected chi connectivity index (χ1v) is 6.95. The Morgan fingerprint density at radius 2 is 1.78 bits per heavy atom. The highest BCUT2D eigenvalue weighted by Gasteiger charge is 2.15. The van der Waals surface area contributed by atoms with E-state index in [1.165, 1.54) is 7.11 Å². The summed E-state index contributed by atoms with van der Waals surface area (Å²) in [5, 5.41) is 0. The Morgan fingerprint density at radius 3 is 2.39 bits per heavy atom. The van der Waals surface area contributed by atoms with Gasteiger partial charge in [0.05, 0.1) is 19.9 Å². The Hall–Kier alpha value is -3.19. The van der Waals surface area contributed by atoms with Crippen molar-refractivity contribution in [1.29, 1.82) is 0 Å². The topological polar surface area (TPSA) is 38.8 Å². The normalized spacial score (nSPS) is 10.1. The second kappa shape index (κ2) is 7.71. The van der Waals surface area contributed by atoms with Crippen LogP contribution >= 0.6 is 0 Å². The molecule has 2 rings (SSSR count). The molecule has 116 valence electrons. The average Bonchev–Trinajstić information content (AvgIpc) is 2.61. The fourth-order valence-electron chi connectivity index (χ4n) is 2.05. The summed E-state index contributed by atoms with van der Waals surface area (Å²) in [7, 11) is 2.92. The molecule has 0 saturated carbocycles. The molecule has 4 heteroatoms. The number of anilines is 1. The number of hydrogen-bond donors (Lipinski definition) is 0. The van der Waals surface area contributed by atoms with Crippen LogP contribution in [0.1, 0.15) is 11.1 Å². The lowest BCUT2D eigenvalue weighted by atomic mass is 10.1. The van der Waals surface area contributed by atoms with E-state index in [9.17, 15) is 4.79 Å². The van der Waals surface area contributed by atoms with Gasteiger partial charge in [-0.15, -0.1) is 0 Å². The maximum atomic E-state index is 11.8. The number of methoxy groups -OCH3 is 2. The third kappa shape index (κ3) is 3.92. The number of benzene rings is 2. The molecule has 0 aliphatic heterocycles. The quantitative estimate of drug-likeness (QED) is 0.486. The molecule has 0 spiro atoms. The molecule has 0 heterocycles. The molecule has 23 heavy (non-hydrogen) atoms. The molecular formula is C19H17NO3.